The van der Waals surface area contributed by atoms with Gasteiger partial charge in [-0.25, -0.2) is 15.0 Å². The lowest BCUT2D eigenvalue weighted by atomic mass is 9.93. The summed E-state index contributed by atoms with van der Waals surface area (Å²) in [6, 6.07) is 10.7. The Morgan fingerprint density at radius 1 is 1.06 bits per heavy atom. The van der Waals surface area contributed by atoms with Crippen LogP contribution in [0.3, 0.4) is 0 Å². The van der Waals surface area contributed by atoms with Crippen LogP contribution in [0.25, 0.3) is 11.2 Å². The van der Waals surface area contributed by atoms with Crippen molar-refractivity contribution in [3.05, 3.63) is 48.5 Å². The third-order valence-corrected chi connectivity index (χ3v) is 7.10. The highest BCUT2D eigenvalue weighted by atomic mass is 16.1. The van der Waals surface area contributed by atoms with Crippen LogP contribution in [-0.4, -0.2) is 63.5 Å². The second-order valence-corrected chi connectivity index (χ2v) is 9.37. The number of nitrogens with zero attached hydrogens (tertiary/aromatic N) is 5. The molecule has 8 heteroatoms. The van der Waals surface area contributed by atoms with E-state index in [0.717, 1.165) is 63.3 Å². The highest BCUT2D eigenvalue weighted by Gasteiger charge is 2.28. The van der Waals surface area contributed by atoms with Crippen LogP contribution in [0.1, 0.15) is 37.7 Å². The third kappa shape index (κ3) is 5.33. The number of hydrogen-bond acceptors (Lipinski definition) is 6. The van der Waals surface area contributed by atoms with Gasteiger partial charge in [-0.05, 0) is 56.7 Å². The zero-order chi connectivity index (χ0) is 22.5. The molecule has 1 amide bonds. The number of likely N-dealkylation sites (tertiary alicyclic amines) is 1. The highest BCUT2D eigenvalue weighted by Crippen LogP contribution is 2.26. The number of aromatic amines is 1. The molecule has 33 heavy (non-hydrogen) atoms. The van der Waals surface area contributed by atoms with Gasteiger partial charge in [0.15, 0.2) is 11.5 Å². The fourth-order valence-electron chi connectivity index (χ4n) is 5.19. The van der Waals surface area contributed by atoms with Gasteiger partial charge in [-0.2, -0.15) is 0 Å². The Labute approximate surface area is 194 Å². The zero-order valence-corrected chi connectivity index (χ0v) is 19.1. The van der Waals surface area contributed by atoms with E-state index >= 15 is 0 Å². The summed E-state index contributed by atoms with van der Waals surface area (Å²) in [5, 5.41) is 3.22. The van der Waals surface area contributed by atoms with Crippen molar-refractivity contribution in [2.75, 3.05) is 37.6 Å². The molecule has 2 fully saturated rings. The molecule has 1 aromatic carbocycles. The first kappa shape index (κ1) is 21.8. The number of hydrogen-bond donors (Lipinski definition) is 2. The lowest BCUT2D eigenvalue weighted by Gasteiger charge is -2.33. The van der Waals surface area contributed by atoms with Crippen LogP contribution in [0.5, 0.6) is 0 Å². The van der Waals surface area contributed by atoms with Crippen molar-refractivity contribution in [2.24, 2.45) is 11.8 Å². The number of aromatic nitrogens is 4. The molecule has 0 aliphatic carbocycles. The number of anilines is 1. The van der Waals surface area contributed by atoms with Gasteiger partial charge in [-0.15, -0.1) is 0 Å². The second kappa shape index (κ2) is 10.3. The summed E-state index contributed by atoms with van der Waals surface area (Å²) in [6.45, 7) is 5.69. The molecule has 0 bridgehead atoms. The molecule has 2 aromatic heterocycles. The third-order valence-electron chi connectivity index (χ3n) is 7.10. The van der Waals surface area contributed by atoms with Crippen molar-refractivity contribution in [2.45, 2.75) is 38.6 Å². The van der Waals surface area contributed by atoms with Gasteiger partial charge < -0.3 is 15.2 Å². The van der Waals surface area contributed by atoms with Crippen LogP contribution in [0.2, 0.25) is 0 Å². The molecule has 8 nitrogen and oxygen atoms in total. The number of carbonyl (C=O) groups is 1. The van der Waals surface area contributed by atoms with E-state index in [1.807, 2.05) is 0 Å². The molecule has 5 rings (SSSR count). The standard InChI is InChI=1S/C25H33N7O/c33-25(21-7-4-12-32(16-21)24-22-23(28-17-27-22)29-18-30-24)26-11-8-19-9-13-31(14-10-19)15-20-5-2-1-3-6-20/h1-3,5-6,17-19,21H,4,7-16H2,(H,26,33)(H,27,28,29,30). The van der Waals surface area contributed by atoms with Crippen molar-refractivity contribution in [3.8, 4) is 0 Å². The Bertz CT molecular complexity index is 1050. The summed E-state index contributed by atoms with van der Waals surface area (Å²) < 4.78 is 0. The Balaban J connectivity index is 1.05. The zero-order valence-electron chi connectivity index (χ0n) is 19.1. The van der Waals surface area contributed by atoms with Crippen molar-refractivity contribution < 1.29 is 4.79 Å². The minimum Gasteiger partial charge on any atom is -0.356 e. The van der Waals surface area contributed by atoms with E-state index in [2.05, 4.69) is 65.4 Å². The van der Waals surface area contributed by atoms with E-state index in [1.54, 1.807) is 12.7 Å². The van der Waals surface area contributed by atoms with Crippen LogP contribution in [-0.2, 0) is 11.3 Å². The Morgan fingerprint density at radius 3 is 2.76 bits per heavy atom. The number of fused-ring (bicyclic) bond motifs is 1. The van der Waals surface area contributed by atoms with Gasteiger partial charge in [0.05, 0.1) is 12.2 Å². The molecule has 2 saturated heterocycles. The molecule has 2 aliphatic rings. The van der Waals surface area contributed by atoms with Crippen LogP contribution >= 0.6 is 0 Å². The maximum absolute atomic E-state index is 12.9. The second-order valence-electron chi connectivity index (χ2n) is 9.37. The van der Waals surface area contributed by atoms with Crippen LogP contribution in [0, 0.1) is 11.8 Å². The highest BCUT2D eigenvalue weighted by molar-refractivity contribution is 5.84. The number of benzene rings is 1. The molecule has 1 atom stereocenters. The molecule has 2 N–H and O–H groups in total. The minimum atomic E-state index is -0.000550. The predicted molar refractivity (Wildman–Crippen MR) is 129 cm³/mol. The average Bonchev–Trinajstić information content (AvgIpc) is 3.35. The first-order valence-electron chi connectivity index (χ1n) is 12.2. The van der Waals surface area contributed by atoms with Gasteiger partial charge in [-0.1, -0.05) is 30.3 Å². The van der Waals surface area contributed by atoms with Crippen LogP contribution < -0.4 is 10.2 Å². The van der Waals surface area contributed by atoms with E-state index in [0.29, 0.717) is 18.1 Å². The molecular weight excluding hydrogens is 414 g/mol. The van der Waals surface area contributed by atoms with Crippen molar-refractivity contribution in [3.63, 3.8) is 0 Å². The minimum absolute atomic E-state index is 0.000550. The molecule has 174 valence electrons. The summed E-state index contributed by atoms with van der Waals surface area (Å²) in [5.41, 5.74) is 2.90. The monoisotopic (exact) mass is 447 g/mol. The molecule has 4 heterocycles. The van der Waals surface area contributed by atoms with Gasteiger partial charge in [0.25, 0.3) is 0 Å². The average molecular weight is 448 g/mol. The topological polar surface area (TPSA) is 90.0 Å². The first-order valence-corrected chi connectivity index (χ1v) is 12.2. The number of carbonyl (C=O) groups excluding carboxylic acids is 1. The fraction of sp³-hybridized carbons (Fsp3) is 0.520. The van der Waals surface area contributed by atoms with Gasteiger partial charge in [0, 0.05) is 26.2 Å². The van der Waals surface area contributed by atoms with Crippen molar-refractivity contribution in [1.82, 2.24) is 30.2 Å². The Morgan fingerprint density at radius 2 is 1.91 bits per heavy atom. The molecule has 1 unspecified atom stereocenters. The largest absolute Gasteiger partial charge is 0.356 e. The fourth-order valence-corrected chi connectivity index (χ4v) is 5.19. The number of H-pyrrole nitrogens is 1. The van der Waals surface area contributed by atoms with E-state index in [9.17, 15) is 4.79 Å². The molecule has 2 aliphatic heterocycles. The summed E-state index contributed by atoms with van der Waals surface area (Å²) in [4.78, 5) is 33.6. The quantitative estimate of drug-likeness (QED) is 0.579. The van der Waals surface area contributed by atoms with Crippen LogP contribution in [0.4, 0.5) is 5.82 Å². The number of nitrogens with one attached hydrogen (secondary N) is 2. The lowest BCUT2D eigenvalue weighted by Crippen LogP contribution is -2.44. The van der Waals surface area contributed by atoms with E-state index in [4.69, 9.17) is 0 Å². The van der Waals surface area contributed by atoms with Crippen molar-refractivity contribution >= 4 is 22.9 Å². The molecule has 0 radical (unpaired) electrons. The van der Waals surface area contributed by atoms with E-state index in [1.165, 1.54) is 18.4 Å². The molecular formula is C25H33N7O. The van der Waals surface area contributed by atoms with Crippen LogP contribution in [0.15, 0.2) is 43.0 Å². The number of rotatable bonds is 7. The van der Waals surface area contributed by atoms with Gasteiger partial charge in [0.2, 0.25) is 5.91 Å². The number of piperidine rings is 2. The smallest absolute Gasteiger partial charge is 0.224 e. The number of imidazole rings is 1. The van der Waals surface area contributed by atoms with Gasteiger partial charge in [-0.3, -0.25) is 9.69 Å². The van der Waals surface area contributed by atoms with E-state index in [-0.39, 0.29) is 11.8 Å². The van der Waals surface area contributed by atoms with Gasteiger partial charge in [0.1, 0.15) is 11.8 Å². The van der Waals surface area contributed by atoms with Crippen molar-refractivity contribution in [1.29, 1.82) is 0 Å². The molecule has 3 aromatic rings. The normalized spacial score (nSPS) is 20.2. The maximum atomic E-state index is 12.9. The maximum Gasteiger partial charge on any atom is 0.224 e. The lowest BCUT2D eigenvalue weighted by molar-refractivity contribution is -0.125. The molecule has 0 saturated carbocycles. The Kier molecular flexibility index (Phi) is 6.81. The summed E-state index contributed by atoms with van der Waals surface area (Å²) in [6.07, 6.45) is 8.61. The Hall–Kier alpha value is -3.00. The van der Waals surface area contributed by atoms with Gasteiger partial charge >= 0.3 is 0 Å². The first-order chi connectivity index (χ1) is 16.3. The summed E-state index contributed by atoms with van der Waals surface area (Å²) in [5.74, 6) is 1.72. The summed E-state index contributed by atoms with van der Waals surface area (Å²) >= 11 is 0. The predicted octanol–water partition coefficient (Wildman–Crippen LogP) is 2.99. The number of amides is 1. The SMILES string of the molecule is O=C(NCCC1CCN(Cc2ccccc2)CC1)C1CCCN(c2ncnc3nc[nH]c23)C1. The molecule has 0 spiro atoms. The van der Waals surface area contributed by atoms with E-state index < -0.39 is 0 Å². The summed E-state index contributed by atoms with van der Waals surface area (Å²) in [7, 11) is 0.